The number of aromatic nitrogens is 1. The van der Waals surface area contributed by atoms with E-state index in [9.17, 15) is 26.8 Å². The van der Waals surface area contributed by atoms with Gasteiger partial charge in [-0.15, -0.1) is 0 Å². The molecule has 4 aromatic rings. The van der Waals surface area contributed by atoms with Crippen molar-refractivity contribution in [1.29, 1.82) is 0 Å². The fraction of sp³-hybridized carbons (Fsp3) is 0.355. The zero-order chi connectivity index (χ0) is 30.1. The van der Waals surface area contributed by atoms with Gasteiger partial charge in [-0.05, 0) is 54.7 Å². The highest BCUT2D eigenvalue weighted by Gasteiger charge is 2.31. The van der Waals surface area contributed by atoms with Crippen LogP contribution < -0.4 is 4.72 Å². The van der Waals surface area contributed by atoms with E-state index < -0.39 is 32.5 Å². The molecule has 6 rings (SSSR count). The summed E-state index contributed by atoms with van der Waals surface area (Å²) in [5, 5.41) is 0.845. The number of hydrogen-bond acceptors (Lipinski definition) is 6. The molecule has 2 amide bonds. The van der Waals surface area contributed by atoms with E-state index in [1.807, 2.05) is 10.6 Å². The summed E-state index contributed by atoms with van der Waals surface area (Å²) in [6.45, 7) is 1.80. The number of morpholine rings is 1. The third kappa shape index (κ3) is 5.68. The number of ether oxygens (including phenoxy) is 1. The highest BCUT2D eigenvalue weighted by atomic mass is 32.2. The summed E-state index contributed by atoms with van der Waals surface area (Å²) in [6.07, 6.45) is 8.41. The highest BCUT2D eigenvalue weighted by molar-refractivity contribution is 7.90. The van der Waals surface area contributed by atoms with Gasteiger partial charge in [0.05, 0.1) is 37.0 Å². The van der Waals surface area contributed by atoms with E-state index in [4.69, 9.17) is 9.15 Å². The molecule has 0 radical (unpaired) electrons. The average molecular weight is 612 g/mol. The van der Waals surface area contributed by atoms with E-state index in [2.05, 4.69) is 0 Å². The smallest absolute Gasteiger partial charge is 0.270 e. The second kappa shape index (κ2) is 11.9. The largest absolute Gasteiger partial charge is 0.472 e. The minimum Gasteiger partial charge on any atom is -0.472 e. The molecule has 9 nitrogen and oxygen atoms in total. The lowest BCUT2D eigenvalue weighted by Crippen LogP contribution is -2.42. The van der Waals surface area contributed by atoms with Crippen molar-refractivity contribution >= 4 is 32.7 Å². The Morgan fingerprint density at radius 2 is 1.70 bits per heavy atom. The molecule has 0 bridgehead atoms. The van der Waals surface area contributed by atoms with E-state index in [0.29, 0.717) is 31.8 Å². The molecule has 2 fully saturated rings. The Bertz CT molecular complexity index is 1750. The Morgan fingerprint density at radius 3 is 2.37 bits per heavy atom. The van der Waals surface area contributed by atoms with Crippen LogP contribution in [0.3, 0.4) is 0 Å². The number of nitrogens with zero attached hydrogens (tertiary/aromatic N) is 2. The molecule has 1 saturated carbocycles. The Hall–Kier alpha value is -4.03. The summed E-state index contributed by atoms with van der Waals surface area (Å²) in [6, 6.07) is 9.24. The topological polar surface area (TPSA) is 111 Å². The molecule has 1 saturated heterocycles. The molecular formula is C31H31F2N3O6S. The molecule has 0 atom stereocenters. The molecule has 3 heterocycles. The maximum absolute atomic E-state index is 14.3. The van der Waals surface area contributed by atoms with Crippen LogP contribution >= 0.6 is 0 Å². The Kier molecular flexibility index (Phi) is 8.06. The van der Waals surface area contributed by atoms with Gasteiger partial charge in [-0.25, -0.2) is 21.9 Å². The number of carbonyl (C=O) groups excluding carboxylic acids is 2. The summed E-state index contributed by atoms with van der Waals surface area (Å²) in [5.74, 6) is -3.58. The molecular weight excluding hydrogens is 580 g/mol. The van der Waals surface area contributed by atoms with Crippen LogP contribution in [0.25, 0.3) is 22.2 Å². The molecule has 1 N–H and O–H groups in total. The van der Waals surface area contributed by atoms with E-state index in [1.165, 1.54) is 12.1 Å². The van der Waals surface area contributed by atoms with Gasteiger partial charge in [-0.3, -0.25) is 9.59 Å². The lowest BCUT2D eigenvalue weighted by Gasteiger charge is -2.27. The second-order valence-electron chi connectivity index (χ2n) is 10.9. The van der Waals surface area contributed by atoms with Crippen LogP contribution in [0.1, 0.15) is 53.9 Å². The van der Waals surface area contributed by atoms with Crippen molar-refractivity contribution in [3.63, 3.8) is 0 Å². The molecule has 43 heavy (non-hydrogen) atoms. The van der Waals surface area contributed by atoms with Gasteiger partial charge in [0.2, 0.25) is 5.91 Å². The summed E-state index contributed by atoms with van der Waals surface area (Å²) in [7, 11) is -4.86. The third-order valence-corrected chi connectivity index (χ3v) is 9.63. The van der Waals surface area contributed by atoms with Crippen LogP contribution in [0, 0.1) is 11.6 Å². The van der Waals surface area contributed by atoms with Crippen molar-refractivity contribution in [3.8, 4) is 11.3 Å². The van der Waals surface area contributed by atoms with Gasteiger partial charge in [0.15, 0.2) is 4.90 Å². The fourth-order valence-electron chi connectivity index (χ4n) is 6.22. The number of fused-ring (bicyclic) bond motifs is 1. The number of amides is 2. The Morgan fingerprint density at radius 1 is 0.977 bits per heavy atom. The molecule has 0 unspecified atom stereocenters. The molecule has 2 aliphatic rings. The van der Waals surface area contributed by atoms with Gasteiger partial charge in [0.1, 0.15) is 18.2 Å². The van der Waals surface area contributed by atoms with Crippen molar-refractivity contribution in [3.05, 3.63) is 77.8 Å². The molecule has 0 spiro atoms. The zero-order valence-electron chi connectivity index (χ0n) is 23.4. The van der Waals surface area contributed by atoms with Crippen LogP contribution in [0.4, 0.5) is 8.78 Å². The number of halogens is 2. The van der Waals surface area contributed by atoms with Crippen LogP contribution in [-0.2, 0) is 26.1 Å². The molecule has 226 valence electrons. The number of furan rings is 1. The van der Waals surface area contributed by atoms with Gasteiger partial charge in [-0.2, -0.15) is 0 Å². The van der Waals surface area contributed by atoms with Crippen molar-refractivity contribution in [1.82, 2.24) is 14.2 Å². The van der Waals surface area contributed by atoms with Gasteiger partial charge in [-0.1, -0.05) is 31.4 Å². The number of nitrogens with one attached hydrogen (secondary N) is 1. The minimum atomic E-state index is -4.86. The van der Waals surface area contributed by atoms with Crippen LogP contribution in [0.15, 0.2) is 64.3 Å². The standard InChI is InChI=1S/C31H31F2N3O6S/c32-24-7-4-8-25(33)30(24)43(39,40)34-31(38)21-9-10-23-26(17-21)36(18-27(37)35-12-15-41-16-13-35)29(22-11-14-42-19-22)28(23)20-5-2-1-3-6-20/h4,7-11,14,17,19-20H,1-3,5-6,12-13,15-16,18H2,(H,34,38). The Balaban J connectivity index is 1.46. The van der Waals surface area contributed by atoms with Crippen molar-refractivity contribution in [2.24, 2.45) is 0 Å². The molecule has 1 aliphatic carbocycles. The van der Waals surface area contributed by atoms with Gasteiger partial charge in [0.25, 0.3) is 15.9 Å². The summed E-state index contributed by atoms with van der Waals surface area (Å²) in [4.78, 5) is 27.3. The van der Waals surface area contributed by atoms with Crippen LogP contribution in [-0.4, -0.2) is 56.0 Å². The van der Waals surface area contributed by atoms with Gasteiger partial charge < -0.3 is 18.6 Å². The number of rotatable bonds is 7. The average Bonchev–Trinajstić information content (AvgIpc) is 3.64. The van der Waals surface area contributed by atoms with Crippen molar-refractivity contribution < 1.29 is 35.9 Å². The fourth-order valence-corrected chi connectivity index (χ4v) is 7.33. The number of carbonyl (C=O) groups is 2. The summed E-state index contributed by atoms with van der Waals surface area (Å²) in [5.41, 5.74) is 3.18. The quantitative estimate of drug-likeness (QED) is 0.308. The van der Waals surface area contributed by atoms with E-state index in [1.54, 1.807) is 28.2 Å². The third-order valence-electron chi connectivity index (χ3n) is 8.25. The second-order valence-corrected chi connectivity index (χ2v) is 12.5. The maximum Gasteiger partial charge on any atom is 0.270 e. The maximum atomic E-state index is 14.3. The monoisotopic (exact) mass is 611 g/mol. The first-order chi connectivity index (χ1) is 20.7. The lowest BCUT2D eigenvalue weighted by atomic mass is 9.82. The van der Waals surface area contributed by atoms with Gasteiger partial charge >= 0.3 is 0 Å². The van der Waals surface area contributed by atoms with E-state index >= 15 is 0 Å². The summed E-state index contributed by atoms with van der Waals surface area (Å²) < 4.78 is 68.7. The highest BCUT2D eigenvalue weighted by Crippen LogP contribution is 2.44. The predicted octanol–water partition coefficient (Wildman–Crippen LogP) is 5.20. The van der Waals surface area contributed by atoms with E-state index in [-0.39, 0.29) is 23.9 Å². The van der Waals surface area contributed by atoms with Crippen molar-refractivity contribution in [2.45, 2.75) is 49.5 Å². The van der Waals surface area contributed by atoms with Gasteiger partial charge in [0, 0.05) is 29.6 Å². The zero-order valence-corrected chi connectivity index (χ0v) is 24.2. The number of sulfonamides is 1. The minimum absolute atomic E-state index is 0.0203. The van der Waals surface area contributed by atoms with E-state index in [0.717, 1.165) is 72.5 Å². The summed E-state index contributed by atoms with van der Waals surface area (Å²) >= 11 is 0. The SMILES string of the molecule is O=C(NS(=O)(=O)c1c(F)cccc1F)c1ccc2c(C3CCCCC3)c(-c3ccoc3)n(CC(=O)N3CCOCC3)c2c1. The normalized spacial score (nSPS) is 16.5. The number of hydrogen-bond donors (Lipinski definition) is 1. The first kappa shape index (κ1) is 29.1. The molecule has 2 aromatic carbocycles. The lowest BCUT2D eigenvalue weighted by molar-refractivity contribution is -0.135. The Labute approximate surface area is 247 Å². The molecule has 1 aliphatic heterocycles. The molecule has 2 aromatic heterocycles. The van der Waals surface area contributed by atoms with Crippen LogP contribution in [0.2, 0.25) is 0 Å². The molecule has 12 heteroatoms. The first-order valence-corrected chi connectivity index (χ1v) is 15.8. The van der Waals surface area contributed by atoms with Crippen LogP contribution in [0.5, 0.6) is 0 Å². The van der Waals surface area contributed by atoms with Crippen molar-refractivity contribution in [2.75, 3.05) is 26.3 Å². The first-order valence-electron chi connectivity index (χ1n) is 14.3. The predicted molar refractivity (Wildman–Crippen MR) is 154 cm³/mol. The number of benzene rings is 2.